The minimum atomic E-state index is -0.435. The Bertz CT molecular complexity index is 666. The smallest absolute Gasteiger partial charge is 0.313 e. The molecule has 0 radical (unpaired) electrons. The van der Waals surface area contributed by atoms with Gasteiger partial charge >= 0.3 is 5.97 Å². The van der Waals surface area contributed by atoms with Gasteiger partial charge in [-0.05, 0) is 36.8 Å². The van der Waals surface area contributed by atoms with Crippen LogP contribution in [0.5, 0.6) is 0 Å². The molecule has 0 N–H and O–H groups in total. The van der Waals surface area contributed by atoms with Gasteiger partial charge in [0.25, 0.3) is 0 Å². The van der Waals surface area contributed by atoms with Crippen LogP contribution in [0.1, 0.15) is 69.4 Å². The van der Waals surface area contributed by atoms with E-state index in [1.807, 2.05) is 12.1 Å². The van der Waals surface area contributed by atoms with Crippen molar-refractivity contribution in [2.24, 2.45) is 5.41 Å². The molecule has 1 atom stereocenters. The largest absolute Gasteiger partial charge is 0.462 e. The van der Waals surface area contributed by atoms with Crippen LogP contribution in [0.4, 0.5) is 0 Å². The fraction of sp³-hybridized carbons (Fsp3) is 0.500. The quantitative estimate of drug-likeness (QED) is 0.328. The molecule has 2 heteroatoms. The van der Waals surface area contributed by atoms with Crippen molar-refractivity contribution in [2.45, 2.75) is 77.2 Å². The van der Waals surface area contributed by atoms with Crippen LogP contribution in [0, 0.1) is 5.41 Å². The van der Waals surface area contributed by atoms with Crippen molar-refractivity contribution in [1.82, 2.24) is 0 Å². The third-order valence-corrected chi connectivity index (χ3v) is 5.98. The van der Waals surface area contributed by atoms with Crippen molar-refractivity contribution in [3.05, 3.63) is 71.8 Å². The van der Waals surface area contributed by atoms with Gasteiger partial charge in [-0.1, -0.05) is 99.7 Å². The summed E-state index contributed by atoms with van der Waals surface area (Å²) in [7, 11) is 0. The van der Waals surface area contributed by atoms with Gasteiger partial charge in [-0.25, -0.2) is 0 Å². The molecule has 1 aliphatic rings. The van der Waals surface area contributed by atoms with Gasteiger partial charge < -0.3 is 4.74 Å². The van der Waals surface area contributed by atoms with Crippen LogP contribution in [0.15, 0.2) is 60.7 Å². The highest BCUT2D eigenvalue weighted by Crippen LogP contribution is 2.42. The number of rotatable bonds is 11. The number of carbonyl (C=O) groups is 1. The molecule has 1 heterocycles. The Morgan fingerprint density at radius 3 is 1.93 bits per heavy atom. The van der Waals surface area contributed by atoms with Crippen molar-refractivity contribution in [1.29, 1.82) is 0 Å². The van der Waals surface area contributed by atoms with Crippen molar-refractivity contribution < 1.29 is 9.53 Å². The molecule has 0 aliphatic carbocycles. The van der Waals surface area contributed by atoms with Gasteiger partial charge in [0.15, 0.2) is 0 Å². The first kappa shape index (κ1) is 20.6. The number of cyclic esters (lactones) is 1. The van der Waals surface area contributed by atoms with E-state index in [-0.39, 0.29) is 12.1 Å². The molecule has 2 aromatic rings. The maximum Gasteiger partial charge on any atom is 0.313 e. The average molecular weight is 379 g/mol. The molecule has 2 aromatic carbocycles. The molecule has 0 amide bonds. The highest BCUT2D eigenvalue weighted by atomic mass is 16.6. The predicted molar refractivity (Wildman–Crippen MR) is 115 cm³/mol. The first-order valence-electron chi connectivity index (χ1n) is 11.0. The number of unbranched alkanes of at least 4 members (excludes halogenated alkanes) is 5. The van der Waals surface area contributed by atoms with E-state index in [9.17, 15) is 4.79 Å². The van der Waals surface area contributed by atoms with Crippen LogP contribution in [0.2, 0.25) is 0 Å². The summed E-state index contributed by atoms with van der Waals surface area (Å²) in [6, 6.07) is 20.8. The molecule has 1 fully saturated rings. The minimum Gasteiger partial charge on any atom is -0.462 e. The van der Waals surface area contributed by atoms with E-state index in [1.54, 1.807) is 0 Å². The lowest BCUT2D eigenvalue weighted by molar-refractivity contribution is -0.149. The highest BCUT2D eigenvalue weighted by Gasteiger charge is 2.48. The van der Waals surface area contributed by atoms with Crippen LogP contribution >= 0.6 is 0 Å². The second-order valence-corrected chi connectivity index (χ2v) is 8.39. The summed E-state index contributed by atoms with van der Waals surface area (Å²) in [5, 5.41) is 0. The van der Waals surface area contributed by atoms with E-state index in [1.165, 1.54) is 43.2 Å². The van der Waals surface area contributed by atoms with Gasteiger partial charge in [0.2, 0.25) is 0 Å². The topological polar surface area (TPSA) is 26.3 Å². The molecule has 2 nitrogen and oxygen atoms in total. The van der Waals surface area contributed by atoms with Gasteiger partial charge in [-0.15, -0.1) is 0 Å². The second-order valence-electron chi connectivity index (χ2n) is 8.39. The zero-order valence-electron chi connectivity index (χ0n) is 17.2. The molecule has 1 aliphatic heterocycles. The van der Waals surface area contributed by atoms with Gasteiger partial charge in [-0.3, -0.25) is 4.79 Å². The van der Waals surface area contributed by atoms with Gasteiger partial charge in [-0.2, -0.15) is 0 Å². The van der Waals surface area contributed by atoms with Gasteiger partial charge in [0, 0.05) is 6.42 Å². The van der Waals surface area contributed by atoms with Crippen molar-refractivity contribution >= 4 is 5.97 Å². The Morgan fingerprint density at radius 2 is 1.36 bits per heavy atom. The zero-order chi connectivity index (χ0) is 19.7. The Balaban J connectivity index is 1.65. The lowest BCUT2D eigenvalue weighted by Gasteiger charge is -2.25. The monoisotopic (exact) mass is 378 g/mol. The fourth-order valence-electron chi connectivity index (χ4n) is 4.47. The maximum atomic E-state index is 13.1. The second kappa shape index (κ2) is 10.5. The number of hydrogen-bond donors (Lipinski definition) is 0. The van der Waals surface area contributed by atoms with Crippen LogP contribution in [0.25, 0.3) is 0 Å². The summed E-state index contributed by atoms with van der Waals surface area (Å²) in [6.07, 6.45) is 11.1. The van der Waals surface area contributed by atoms with E-state index in [0.29, 0.717) is 0 Å². The number of hydrogen-bond acceptors (Lipinski definition) is 2. The van der Waals surface area contributed by atoms with E-state index in [0.717, 1.165) is 32.1 Å². The Hall–Kier alpha value is -2.09. The molecule has 1 unspecified atom stereocenters. The molecule has 0 bridgehead atoms. The predicted octanol–water partition coefficient (Wildman–Crippen LogP) is 6.52. The summed E-state index contributed by atoms with van der Waals surface area (Å²) in [5.41, 5.74) is 2.00. The van der Waals surface area contributed by atoms with E-state index in [4.69, 9.17) is 4.74 Å². The van der Waals surface area contributed by atoms with Crippen LogP contribution < -0.4 is 0 Å². The SMILES string of the molecule is CCCCCCCCC1CC(Cc2ccccc2)(Cc2ccccc2)C(=O)O1. The third-order valence-electron chi connectivity index (χ3n) is 5.98. The lowest BCUT2D eigenvalue weighted by atomic mass is 9.74. The number of benzene rings is 2. The van der Waals surface area contributed by atoms with E-state index < -0.39 is 5.41 Å². The number of esters is 1. The standard InChI is InChI=1S/C26H34O2/c1-2-3-4-5-6-13-18-24-21-26(25(27)28-24,19-22-14-9-7-10-15-22)20-23-16-11-8-12-17-23/h7-12,14-17,24H,2-6,13,18-21H2,1H3. The molecule has 1 saturated heterocycles. The first-order chi connectivity index (χ1) is 13.7. The van der Waals surface area contributed by atoms with Crippen molar-refractivity contribution in [3.63, 3.8) is 0 Å². The Morgan fingerprint density at radius 1 is 0.821 bits per heavy atom. The number of ether oxygens (including phenoxy) is 1. The molecule has 150 valence electrons. The average Bonchev–Trinajstić information content (AvgIpc) is 3.01. The summed E-state index contributed by atoms with van der Waals surface area (Å²) in [4.78, 5) is 13.1. The molecule has 28 heavy (non-hydrogen) atoms. The van der Waals surface area contributed by atoms with Crippen LogP contribution in [-0.2, 0) is 22.4 Å². The summed E-state index contributed by atoms with van der Waals surface area (Å²) >= 11 is 0. The Kier molecular flexibility index (Phi) is 7.71. The fourth-order valence-corrected chi connectivity index (χ4v) is 4.47. The number of carbonyl (C=O) groups excluding carboxylic acids is 1. The summed E-state index contributed by atoms with van der Waals surface area (Å²) in [6.45, 7) is 2.25. The minimum absolute atomic E-state index is 0.00353. The lowest BCUT2D eigenvalue weighted by Crippen LogP contribution is -2.31. The van der Waals surface area contributed by atoms with Crippen LogP contribution in [-0.4, -0.2) is 12.1 Å². The first-order valence-corrected chi connectivity index (χ1v) is 11.0. The zero-order valence-corrected chi connectivity index (χ0v) is 17.2. The molecule has 3 rings (SSSR count). The molecular weight excluding hydrogens is 344 g/mol. The van der Waals surface area contributed by atoms with E-state index >= 15 is 0 Å². The molecule has 0 aromatic heterocycles. The summed E-state index contributed by atoms with van der Waals surface area (Å²) < 4.78 is 5.91. The van der Waals surface area contributed by atoms with Gasteiger partial charge in [0.05, 0.1) is 5.41 Å². The Labute approximate surface area is 170 Å². The molecule has 0 spiro atoms. The van der Waals surface area contributed by atoms with Crippen molar-refractivity contribution in [2.75, 3.05) is 0 Å². The van der Waals surface area contributed by atoms with Crippen molar-refractivity contribution in [3.8, 4) is 0 Å². The summed E-state index contributed by atoms with van der Waals surface area (Å²) in [5.74, 6) is -0.00353. The van der Waals surface area contributed by atoms with E-state index in [2.05, 4.69) is 55.5 Å². The highest BCUT2D eigenvalue weighted by molar-refractivity contribution is 5.80. The molecular formula is C26H34O2. The normalized spacial score (nSPS) is 18.2. The molecule has 0 saturated carbocycles. The van der Waals surface area contributed by atoms with Gasteiger partial charge in [0.1, 0.15) is 6.10 Å². The maximum absolute atomic E-state index is 13.1. The third kappa shape index (κ3) is 5.70. The van der Waals surface area contributed by atoms with Crippen LogP contribution in [0.3, 0.4) is 0 Å².